The maximum atomic E-state index is 13.0. The Hall–Kier alpha value is -3.04. The van der Waals surface area contributed by atoms with E-state index in [1.54, 1.807) is 35.8 Å². The van der Waals surface area contributed by atoms with Crippen molar-refractivity contribution >= 4 is 26.8 Å². The number of carbonyl (C=O) groups is 1. The molecule has 0 atom stereocenters. The molecule has 1 N–H and O–H groups in total. The van der Waals surface area contributed by atoms with Gasteiger partial charge in [0.1, 0.15) is 6.54 Å². The number of methoxy groups -OCH3 is 1. The van der Waals surface area contributed by atoms with Crippen molar-refractivity contribution in [3.05, 3.63) is 54.2 Å². The monoisotopic (exact) mass is 485 g/mol. The summed E-state index contributed by atoms with van der Waals surface area (Å²) in [6.45, 7) is 4.09. The molecule has 34 heavy (non-hydrogen) atoms. The first-order chi connectivity index (χ1) is 16.4. The summed E-state index contributed by atoms with van der Waals surface area (Å²) in [6, 6.07) is 12.5. The van der Waals surface area contributed by atoms with Gasteiger partial charge >= 0.3 is 0 Å². The highest BCUT2D eigenvalue weighted by molar-refractivity contribution is 7.89. The van der Waals surface area contributed by atoms with Crippen molar-refractivity contribution in [2.45, 2.75) is 44.2 Å². The van der Waals surface area contributed by atoms with Crippen LogP contribution in [0.3, 0.4) is 0 Å². The second-order valence-corrected chi connectivity index (χ2v) is 10.3. The zero-order valence-corrected chi connectivity index (χ0v) is 20.4. The van der Waals surface area contributed by atoms with Crippen LogP contribution in [0.2, 0.25) is 0 Å². The third-order valence-electron chi connectivity index (χ3n) is 6.03. The number of sulfonamides is 1. The van der Waals surface area contributed by atoms with E-state index in [-0.39, 0.29) is 12.5 Å². The maximum absolute atomic E-state index is 13.0. The van der Waals surface area contributed by atoms with E-state index in [9.17, 15) is 13.2 Å². The number of nitrogens with zero attached hydrogens (tertiary/aromatic N) is 2. The molecule has 1 saturated heterocycles. The van der Waals surface area contributed by atoms with Gasteiger partial charge in [0.25, 0.3) is 0 Å². The van der Waals surface area contributed by atoms with E-state index < -0.39 is 10.0 Å². The minimum absolute atomic E-state index is 0.135. The van der Waals surface area contributed by atoms with Gasteiger partial charge < -0.3 is 19.4 Å². The summed E-state index contributed by atoms with van der Waals surface area (Å²) in [6.07, 6.45) is 4.68. The molecule has 0 bridgehead atoms. The molecule has 4 rings (SSSR count). The van der Waals surface area contributed by atoms with E-state index in [4.69, 9.17) is 9.47 Å². The summed E-state index contributed by atoms with van der Waals surface area (Å²) in [4.78, 5) is 12.9. The number of ether oxygens (including phenoxy) is 2. The Morgan fingerprint density at radius 2 is 1.82 bits per heavy atom. The molecule has 2 heterocycles. The standard InChI is InChI=1S/C25H31N3O5S/c1-3-33-23-10-7-19(15-24(23)32-2)17-26-25(29)18-27-14-11-20-16-21(8-9-22(20)27)34(30,31)28-12-5-4-6-13-28/h7-11,14-16H,3-6,12-13,17-18H2,1-2H3,(H,26,29). The first-order valence-electron chi connectivity index (χ1n) is 11.6. The molecule has 9 heteroatoms. The summed E-state index contributed by atoms with van der Waals surface area (Å²) < 4.78 is 40.2. The number of piperidine rings is 1. The zero-order valence-electron chi connectivity index (χ0n) is 19.6. The fourth-order valence-electron chi connectivity index (χ4n) is 4.24. The summed E-state index contributed by atoms with van der Waals surface area (Å²) in [5, 5.41) is 3.72. The summed E-state index contributed by atoms with van der Waals surface area (Å²) >= 11 is 0. The Kier molecular flexibility index (Phi) is 7.43. The Morgan fingerprint density at radius 1 is 1.03 bits per heavy atom. The third kappa shape index (κ3) is 5.20. The Labute approximate surface area is 200 Å². The summed E-state index contributed by atoms with van der Waals surface area (Å²) in [7, 11) is -1.91. The van der Waals surface area contributed by atoms with Crippen molar-refractivity contribution < 1.29 is 22.7 Å². The predicted octanol–water partition coefficient (Wildman–Crippen LogP) is 3.54. The third-order valence-corrected chi connectivity index (χ3v) is 7.92. The first kappa shape index (κ1) is 24.1. The number of amides is 1. The molecular weight excluding hydrogens is 454 g/mol. The molecule has 0 unspecified atom stereocenters. The number of hydrogen-bond donors (Lipinski definition) is 1. The fraction of sp³-hybridized carbons (Fsp3) is 0.400. The number of rotatable bonds is 9. The normalized spacial score (nSPS) is 14.8. The van der Waals surface area contributed by atoms with Gasteiger partial charge in [0.2, 0.25) is 15.9 Å². The van der Waals surface area contributed by atoms with Crippen LogP contribution in [0.5, 0.6) is 11.5 Å². The minimum atomic E-state index is -3.49. The van der Waals surface area contributed by atoms with Crippen molar-refractivity contribution in [2.75, 3.05) is 26.8 Å². The molecule has 0 radical (unpaired) electrons. The Morgan fingerprint density at radius 3 is 2.56 bits per heavy atom. The number of hydrogen-bond acceptors (Lipinski definition) is 5. The lowest BCUT2D eigenvalue weighted by Gasteiger charge is -2.25. The van der Waals surface area contributed by atoms with E-state index in [0.717, 1.165) is 35.7 Å². The fourth-order valence-corrected chi connectivity index (χ4v) is 5.79. The maximum Gasteiger partial charge on any atom is 0.243 e. The van der Waals surface area contributed by atoms with Crippen molar-refractivity contribution in [1.29, 1.82) is 0 Å². The largest absolute Gasteiger partial charge is 0.493 e. The zero-order chi connectivity index (χ0) is 24.1. The van der Waals surface area contributed by atoms with Crippen LogP contribution in [0.1, 0.15) is 31.7 Å². The molecule has 0 spiro atoms. The predicted molar refractivity (Wildman–Crippen MR) is 131 cm³/mol. The van der Waals surface area contributed by atoms with Gasteiger partial charge in [0.15, 0.2) is 11.5 Å². The topological polar surface area (TPSA) is 89.9 Å². The molecule has 2 aromatic carbocycles. The van der Waals surface area contributed by atoms with Crippen LogP contribution in [-0.2, 0) is 27.9 Å². The number of carbonyl (C=O) groups excluding carboxylic acids is 1. The van der Waals surface area contributed by atoms with Crippen molar-refractivity contribution in [2.24, 2.45) is 0 Å². The van der Waals surface area contributed by atoms with Gasteiger partial charge in [-0.3, -0.25) is 4.79 Å². The van der Waals surface area contributed by atoms with Crippen LogP contribution >= 0.6 is 0 Å². The van der Waals surface area contributed by atoms with Gasteiger partial charge in [0.05, 0.1) is 18.6 Å². The minimum Gasteiger partial charge on any atom is -0.493 e. The van der Waals surface area contributed by atoms with Crippen LogP contribution in [0.4, 0.5) is 0 Å². The van der Waals surface area contributed by atoms with Crippen LogP contribution < -0.4 is 14.8 Å². The van der Waals surface area contributed by atoms with Crippen molar-refractivity contribution in [3.8, 4) is 11.5 Å². The molecule has 1 aliphatic rings. The molecular formula is C25H31N3O5S. The molecule has 1 amide bonds. The van der Waals surface area contributed by atoms with Gasteiger partial charge in [-0.2, -0.15) is 4.31 Å². The molecule has 1 aliphatic heterocycles. The van der Waals surface area contributed by atoms with Crippen molar-refractivity contribution in [3.63, 3.8) is 0 Å². The molecule has 182 valence electrons. The highest BCUT2D eigenvalue weighted by atomic mass is 32.2. The second-order valence-electron chi connectivity index (χ2n) is 8.32. The Balaban J connectivity index is 1.42. The quantitative estimate of drug-likeness (QED) is 0.501. The average molecular weight is 486 g/mol. The first-order valence-corrected chi connectivity index (χ1v) is 13.0. The molecule has 8 nitrogen and oxygen atoms in total. The average Bonchev–Trinajstić information content (AvgIpc) is 3.26. The number of benzene rings is 2. The highest BCUT2D eigenvalue weighted by Gasteiger charge is 2.26. The van der Waals surface area contributed by atoms with Crippen LogP contribution in [0.15, 0.2) is 53.6 Å². The molecule has 1 aromatic heterocycles. The molecule has 1 fully saturated rings. The van der Waals surface area contributed by atoms with E-state index in [2.05, 4.69) is 5.32 Å². The SMILES string of the molecule is CCOc1ccc(CNC(=O)Cn2ccc3cc(S(=O)(=O)N4CCCCC4)ccc32)cc1OC. The van der Waals surface area contributed by atoms with E-state index in [1.807, 2.05) is 35.8 Å². The Bertz CT molecular complexity index is 1260. The number of aromatic nitrogens is 1. The number of fused-ring (bicyclic) bond motifs is 1. The second kappa shape index (κ2) is 10.5. The van der Waals surface area contributed by atoms with Gasteiger partial charge in [-0.1, -0.05) is 12.5 Å². The van der Waals surface area contributed by atoms with E-state index in [1.165, 1.54) is 0 Å². The summed E-state index contributed by atoms with van der Waals surface area (Å²) in [5.74, 6) is 1.15. The molecule has 0 aliphatic carbocycles. The highest BCUT2D eigenvalue weighted by Crippen LogP contribution is 2.28. The van der Waals surface area contributed by atoms with Gasteiger partial charge in [-0.05, 0) is 61.7 Å². The van der Waals surface area contributed by atoms with Crippen molar-refractivity contribution in [1.82, 2.24) is 14.2 Å². The lowest BCUT2D eigenvalue weighted by molar-refractivity contribution is -0.121. The van der Waals surface area contributed by atoms with Gasteiger partial charge in [-0.25, -0.2) is 8.42 Å². The van der Waals surface area contributed by atoms with Crippen LogP contribution in [0.25, 0.3) is 10.9 Å². The summed E-state index contributed by atoms with van der Waals surface area (Å²) in [5.41, 5.74) is 1.72. The smallest absolute Gasteiger partial charge is 0.243 e. The number of nitrogens with one attached hydrogen (secondary N) is 1. The van der Waals surface area contributed by atoms with Crippen LogP contribution in [0, 0.1) is 0 Å². The molecule has 3 aromatic rings. The lowest BCUT2D eigenvalue weighted by atomic mass is 10.2. The van der Waals surface area contributed by atoms with Gasteiger partial charge in [-0.15, -0.1) is 0 Å². The van der Waals surface area contributed by atoms with E-state index >= 15 is 0 Å². The van der Waals surface area contributed by atoms with Gasteiger partial charge in [0, 0.05) is 36.7 Å². The van der Waals surface area contributed by atoms with Crippen LogP contribution in [-0.4, -0.2) is 50.0 Å². The van der Waals surface area contributed by atoms with E-state index in [0.29, 0.717) is 42.6 Å². The molecule has 0 saturated carbocycles. The lowest BCUT2D eigenvalue weighted by Crippen LogP contribution is -2.35.